The molecule has 164 valence electrons. The number of para-hydroxylation sites is 1. The molecule has 4 aliphatic carbocycles. The summed E-state index contributed by atoms with van der Waals surface area (Å²) in [7, 11) is 0. The number of hydrogen-bond donors (Lipinski definition) is 1. The summed E-state index contributed by atoms with van der Waals surface area (Å²) in [5, 5.41) is 8.26. The van der Waals surface area contributed by atoms with E-state index in [0.717, 1.165) is 34.7 Å². The number of nitrogens with one attached hydrogen (secondary N) is 1. The topological polar surface area (TPSA) is 46.9 Å². The van der Waals surface area contributed by atoms with Gasteiger partial charge in [-0.1, -0.05) is 48.5 Å². The summed E-state index contributed by atoms with van der Waals surface area (Å²) in [5.74, 6) is 2.62. The highest BCUT2D eigenvalue weighted by atomic mass is 16.1. The maximum Gasteiger partial charge on any atom is 0.255 e. The maximum absolute atomic E-state index is 13.6. The molecule has 4 aliphatic rings. The molecular weight excluding hydrogens is 394 g/mol. The standard InChI is InChI=1S/C28H31N3O/c1-19(28-15-20-12-21(16-28)14-22(13-20)17-28)29-27(32)25-18-31(24-10-6-3-7-11-24)30-26(25)23-8-4-2-5-9-23/h2-11,18-22H,12-17H2,1H3,(H,29,32)/t19-,20?,21?,22?,28?/m0/s1. The first kappa shape index (κ1) is 19.8. The molecule has 0 saturated heterocycles. The minimum atomic E-state index is -0.00530. The average Bonchev–Trinajstić information content (AvgIpc) is 3.25. The summed E-state index contributed by atoms with van der Waals surface area (Å²) in [5.41, 5.74) is 3.60. The Labute approximate surface area is 190 Å². The Hall–Kier alpha value is -2.88. The molecule has 1 heterocycles. The molecule has 1 atom stereocenters. The smallest absolute Gasteiger partial charge is 0.255 e. The number of carbonyl (C=O) groups excluding carboxylic acids is 1. The van der Waals surface area contributed by atoms with Crippen LogP contribution in [0.15, 0.2) is 66.9 Å². The zero-order valence-corrected chi connectivity index (χ0v) is 18.7. The van der Waals surface area contributed by atoms with Crippen LogP contribution in [-0.2, 0) is 0 Å². The van der Waals surface area contributed by atoms with E-state index in [9.17, 15) is 4.79 Å². The van der Waals surface area contributed by atoms with E-state index in [0.29, 0.717) is 5.56 Å². The number of carbonyl (C=O) groups is 1. The normalized spacial score (nSPS) is 29.1. The predicted octanol–water partition coefficient (Wildman–Crippen LogP) is 5.87. The molecule has 1 aromatic heterocycles. The van der Waals surface area contributed by atoms with Gasteiger partial charge >= 0.3 is 0 Å². The summed E-state index contributed by atoms with van der Waals surface area (Å²) >= 11 is 0. The van der Waals surface area contributed by atoms with E-state index >= 15 is 0 Å². The van der Waals surface area contributed by atoms with Crippen molar-refractivity contribution in [3.05, 3.63) is 72.4 Å². The fourth-order valence-electron chi connectivity index (χ4n) is 7.20. The molecule has 1 N–H and O–H groups in total. The molecule has 3 aromatic rings. The highest BCUT2D eigenvalue weighted by Crippen LogP contribution is 2.61. The Morgan fingerprint density at radius 3 is 2.09 bits per heavy atom. The second kappa shape index (κ2) is 7.61. The van der Waals surface area contributed by atoms with Crippen molar-refractivity contribution >= 4 is 5.91 Å². The number of benzene rings is 2. The Balaban J connectivity index is 1.31. The molecule has 4 saturated carbocycles. The summed E-state index contributed by atoms with van der Waals surface area (Å²) < 4.78 is 1.83. The van der Waals surface area contributed by atoms with Crippen molar-refractivity contribution in [1.82, 2.24) is 15.1 Å². The number of amides is 1. The molecular formula is C28H31N3O. The van der Waals surface area contributed by atoms with Crippen molar-refractivity contribution in [2.75, 3.05) is 0 Å². The van der Waals surface area contributed by atoms with Gasteiger partial charge in [0.05, 0.1) is 11.3 Å². The first-order valence-corrected chi connectivity index (χ1v) is 12.1. The van der Waals surface area contributed by atoms with Gasteiger partial charge in [0, 0.05) is 17.8 Å². The molecule has 0 unspecified atom stereocenters. The van der Waals surface area contributed by atoms with Gasteiger partial charge in [0.2, 0.25) is 0 Å². The van der Waals surface area contributed by atoms with E-state index in [2.05, 4.69) is 12.2 Å². The van der Waals surface area contributed by atoms with Gasteiger partial charge in [-0.2, -0.15) is 5.10 Å². The lowest BCUT2D eigenvalue weighted by Gasteiger charge is -2.59. The number of rotatable bonds is 5. The van der Waals surface area contributed by atoms with Crippen LogP contribution < -0.4 is 5.32 Å². The van der Waals surface area contributed by atoms with Crippen LogP contribution in [0.2, 0.25) is 0 Å². The third kappa shape index (κ3) is 3.37. The van der Waals surface area contributed by atoms with Gasteiger partial charge in [0.1, 0.15) is 5.69 Å². The van der Waals surface area contributed by atoms with Crippen LogP contribution in [0.1, 0.15) is 55.8 Å². The van der Waals surface area contributed by atoms with E-state index in [1.807, 2.05) is 71.5 Å². The number of aromatic nitrogens is 2. The first-order chi connectivity index (χ1) is 15.6. The monoisotopic (exact) mass is 425 g/mol. The van der Waals surface area contributed by atoms with Crippen LogP contribution in [0.5, 0.6) is 0 Å². The minimum Gasteiger partial charge on any atom is -0.349 e. The molecule has 0 spiro atoms. The van der Waals surface area contributed by atoms with Crippen LogP contribution in [0.3, 0.4) is 0 Å². The molecule has 7 rings (SSSR count). The first-order valence-electron chi connectivity index (χ1n) is 12.1. The van der Waals surface area contributed by atoms with Crippen LogP contribution in [0.4, 0.5) is 0 Å². The summed E-state index contributed by atoms with van der Waals surface area (Å²) in [6.07, 6.45) is 10.0. The van der Waals surface area contributed by atoms with Gasteiger partial charge in [-0.3, -0.25) is 4.79 Å². The van der Waals surface area contributed by atoms with Crippen molar-refractivity contribution in [2.24, 2.45) is 23.2 Å². The van der Waals surface area contributed by atoms with Crippen molar-refractivity contribution in [2.45, 2.75) is 51.5 Å². The number of nitrogens with zero attached hydrogens (tertiary/aromatic N) is 2. The molecule has 2 aromatic carbocycles. The van der Waals surface area contributed by atoms with Crippen molar-refractivity contribution < 1.29 is 4.79 Å². The molecule has 4 nitrogen and oxygen atoms in total. The Bertz CT molecular complexity index is 1080. The molecule has 0 aliphatic heterocycles. The quantitative estimate of drug-likeness (QED) is 0.555. The highest BCUT2D eigenvalue weighted by molar-refractivity contribution is 6.00. The third-order valence-electron chi connectivity index (χ3n) is 8.38. The maximum atomic E-state index is 13.6. The second-order valence-electron chi connectivity index (χ2n) is 10.5. The molecule has 0 radical (unpaired) electrons. The zero-order valence-electron chi connectivity index (χ0n) is 18.7. The molecule has 4 fully saturated rings. The SMILES string of the molecule is C[C@H](NC(=O)c1cn(-c2ccccc2)nc1-c1ccccc1)C12CC3CC(CC(C3)C1)C2. The molecule has 1 amide bonds. The second-order valence-corrected chi connectivity index (χ2v) is 10.5. The fraction of sp³-hybridized carbons (Fsp3) is 0.429. The Kier molecular flexibility index (Phi) is 4.71. The molecule has 32 heavy (non-hydrogen) atoms. The lowest BCUT2D eigenvalue weighted by molar-refractivity contribution is -0.0687. The van der Waals surface area contributed by atoms with E-state index in [1.54, 1.807) is 0 Å². The Morgan fingerprint density at radius 2 is 1.50 bits per heavy atom. The van der Waals surface area contributed by atoms with Gasteiger partial charge in [-0.05, 0) is 80.8 Å². The molecule has 4 bridgehead atoms. The van der Waals surface area contributed by atoms with Gasteiger partial charge in [0.25, 0.3) is 5.91 Å². The molecule has 4 heteroatoms. The van der Waals surface area contributed by atoms with Gasteiger partial charge in [-0.15, -0.1) is 0 Å². The largest absolute Gasteiger partial charge is 0.349 e. The van der Waals surface area contributed by atoms with Gasteiger partial charge in [0.15, 0.2) is 0 Å². The van der Waals surface area contributed by atoms with E-state index in [4.69, 9.17) is 5.10 Å². The van der Waals surface area contributed by atoms with Crippen LogP contribution in [0, 0.1) is 23.2 Å². The highest BCUT2D eigenvalue weighted by Gasteiger charge is 2.53. The summed E-state index contributed by atoms with van der Waals surface area (Å²) in [4.78, 5) is 13.6. The van der Waals surface area contributed by atoms with Crippen LogP contribution in [-0.4, -0.2) is 21.7 Å². The van der Waals surface area contributed by atoms with E-state index in [-0.39, 0.29) is 17.4 Å². The van der Waals surface area contributed by atoms with Crippen molar-refractivity contribution in [3.8, 4) is 16.9 Å². The van der Waals surface area contributed by atoms with E-state index < -0.39 is 0 Å². The van der Waals surface area contributed by atoms with Crippen LogP contribution >= 0.6 is 0 Å². The van der Waals surface area contributed by atoms with Crippen LogP contribution in [0.25, 0.3) is 16.9 Å². The zero-order chi connectivity index (χ0) is 21.7. The summed E-state index contributed by atoms with van der Waals surface area (Å²) in [6, 6.07) is 20.2. The van der Waals surface area contributed by atoms with Gasteiger partial charge in [-0.25, -0.2) is 4.68 Å². The summed E-state index contributed by atoms with van der Waals surface area (Å²) in [6.45, 7) is 2.24. The fourth-order valence-corrected chi connectivity index (χ4v) is 7.20. The average molecular weight is 426 g/mol. The van der Waals surface area contributed by atoms with Crippen molar-refractivity contribution in [3.63, 3.8) is 0 Å². The van der Waals surface area contributed by atoms with Gasteiger partial charge < -0.3 is 5.32 Å². The van der Waals surface area contributed by atoms with Crippen molar-refractivity contribution in [1.29, 1.82) is 0 Å². The number of hydrogen-bond acceptors (Lipinski definition) is 2. The lowest BCUT2D eigenvalue weighted by atomic mass is 9.48. The Morgan fingerprint density at radius 1 is 0.938 bits per heavy atom. The van der Waals surface area contributed by atoms with E-state index in [1.165, 1.54) is 38.5 Å². The predicted molar refractivity (Wildman–Crippen MR) is 127 cm³/mol. The lowest BCUT2D eigenvalue weighted by Crippen LogP contribution is -2.55. The third-order valence-corrected chi connectivity index (χ3v) is 8.38. The minimum absolute atomic E-state index is 0.00530.